The second kappa shape index (κ2) is 6.40. The molecule has 7 nitrogen and oxygen atoms in total. The normalized spacial score (nSPS) is 21.4. The van der Waals surface area contributed by atoms with E-state index in [1.165, 1.54) is 12.4 Å². The van der Waals surface area contributed by atoms with E-state index in [2.05, 4.69) is 15.3 Å². The Balaban J connectivity index is 1.50. The average Bonchev–Trinajstić information content (AvgIpc) is 3.05. The third-order valence-corrected chi connectivity index (χ3v) is 4.83. The summed E-state index contributed by atoms with van der Waals surface area (Å²) >= 11 is 0. The van der Waals surface area contributed by atoms with Crippen LogP contribution in [0.2, 0.25) is 0 Å². The summed E-state index contributed by atoms with van der Waals surface area (Å²) in [5.41, 5.74) is 0.424. The lowest BCUT2D eigenvalue weighted by Gasteiger charge is -2.34. The van der Waals surface area contributed by atoms with Crippen molar-refractivity contribution in [2.24, 2.45) is 0 Å². The smallest absolute Gasteiger partial charge is 0.257 e. The lowest BCUT2D eigenvalue weighted by Crippen LogP contribution is -2.45. The molecule has 1 aromatic heterocycles. The summed E-state index contributed by atoms with van der Waals surface area (Å²) in [7, 11) is 0. The van der Waals surface area contributed by atoms with Gasteiger partial charge in [-0.1, -0.05) is 12.1 Å². The van der Waals surface area contributed by atoms with E-state index in [1.807, 2.05) is 25.1 Å². The topological polar surface area (TPSA) is 84.4 Å². The minimum Gasteiger partial charge on any atom is -0.484 e. The van der Waals surface area contributed by atoms with E-state index >= 15 is 0 Å². The monoisotopic (exact) mass is 352 g/mol. The van der Waals surface area contributed by atoms with Gasteiger partial charge in [-0.3, -0.25) is 9.59 Å². The molecule has 4 rings (SSSR count). The molecule has 1 N–H and O–H groups in total. The Morgan fingerprint density at radius 2 is 2.08 bits per heavy atom. The van der Waals surface area contributed by atoms with Crippen LogP contribution in [0.4, 0.5) is 5.95 Å². The standard InChI is InChI=1S/C19H20N4O3/c1-2-20-18-21-10-13(11-22-18)17(25)23-8-7-19(12-23)9-15(24)14-5-3-4-6-16(14)26-19/h3-6,10-11H,2,7-9,12H2,1H3,(H,20,21,22)/t19-/m1/s1. The Kier molecular flexibility index (Phi) is 4.06. The minimum atomic E-state index is -0.633. The van der Waals surface area contributed by atoms with E-state index in [0.717, 1.165) is 6.54 Å². The minimum absolute atomic E-state index is 0.0690. The van der Waals surface area contributed by atoms with Crippen molar-refractivity contribution in [3.05, 3.63) is 47.8 Å². The number of amides is 1. The van der Waals surface area contributed by atoms with Crippen LogP contribution >= 0.6 is 0 Å². The number of Topliss-reactive ketones (excluding diaryl/α,β-unsaturated/α-hetero) is 1. The molecule has 0 saturated carbocycles. The number of ketones is 1. The lowest BCUT2D eigenvalue weighted by atomic mass is 9.89. The maximum atomic E-state index is 12.8. The number of carbonyl (C=O) groups excluding carboxylic acids is 2. The number of ether oxygens (including phenoxy) is 1. The fraction of sp³-hybridized carbons (Fsp3) is 0.368. The third kappa shape index (κ3) is 2.89. The zero-order chi connectivity index (χ0) is 18.1. The molecule has 2 aliphatic heterocycles. The number of carbonyl (C=O) groups is 2. The number of nitrogens with one attached hydrogen (secondary N) is 1. The molecule has 3 heterocycles. The van der Waals surface area contributed by atoms with Crippen molar-refractivity contribution >= 4 is 17.6 Å². The second-order valence-electron chi connectivity index (χ2n) is 6.68. The van der Waals surface area contributed by atoms with Gasteiger partial charge in [-0.2, -0.15) is 0 Å². The van der Waals surface area contributed by atoms with E-state index in [0.29, 0.717) is 48.8 Å². The van der Waals surface area contributed by atoms with Gasteiger partial charge in [0.15, 0.2) is 5.78 Å². The van der Waals surface area contributed by atoms with E-state index in [4.69, 9.17) is 4.74 Å². The number of nitrogens with zero attached hydrogens (tertiary/aromatic N) is 3. The number of hydrogen-bond donors (Lipinski definition) is 1. The quantitative estimate of drug-likeness (QED) is 0.911. The van der Waals surface area contributed by atoms with Gasteiger partial charge in [0.05, 0.1) is 24.1 Å². The van der Waals surface area contributed by atoms with E-state index in [9.17, 15) is 9.59 Å². The molecule has 7 heteroatoms. The van der Waals surface area contributed by atoms with Crippen molar-refractivity contribution in [2.45, 2.75) is 25.4 Å². The molecule has 0 aliphatic carbocycles. The summed E-state index contributed by atoms with van der Waals surface area (Å²) in [5, 5.41) is 3.00. The van der Waals surface area contributed by atoms with Crippen molar-refractivity contribution in [3.8, 4) is 5.75 Å². The van der Waals surface area contributed by atoms with Crippen molar-refractivity contribution in [2.75, 3.05) is 25.0 Å². The molecule has 0 unspecified atom stereocenters. The predicted molar refractivity (Wildman–Crippen MR) is 95.5 cm³/mol. The molecule has 2 aliphatic rings. The number of rotatable bonds is 3. The van der Waals surface area contributed by atoms with Crippen LogP contribution in [0, 0.1) is 0 Å². The van der Waals surface area contributed by atoms with E-state index in [1.54, 1.807) is 11.0 Å². The zero-order valence-corrected chi connectivity index (χ0v) is 14.6. The number of hydrogen-bond acceptors (Lipinski definition) is 6. The molecular formula is C19H20N4O3. The van der Waals surface area contributed by atoms with Gasteiger partial charge in [0.25, 0.3) is 5.91 Å². The summed E-state index contributed by atoms with van der Waals surface area (Å²) in [4.78, 5) is 35.3. The Morgan fingerprint density at radius 1 is 1.31 bits per heavy atom. The van der Waals surface area contributed by atoms with Gasteiger partial charge in [-0.15, -0.1) is 0 Å². The average molecular weight is 352 g/mol. The van der Waals surface area contributed by atoms with Crippen molar-refractivity contribution in [1.29, 1.82) is 0 Å². The second-order valence-corrected chi connectivity index (χ2v) is 6.68. The first-order chi connectivity index (χ1) is 12.6. The first-order valence-corrected chi connectivity index (χ1v) is 8.77. The van der Waals surface area contributed by atoms with Crippen LogP contribution in [-0.4, -0.2) is 51.8 Å². The van der Waals surface area contributed by atoms with Crippen LogP contribution < -0.4 is 10.1 Å². The van der Waals surface area contributed by atoms with Crippen molar-refractivity contribution < 1.29 is 14.3 Å². The van der Waals surface area contributed by atoms with Crippen molar-refractivity contribution in [3.63, 3.8) is 0 Å². The number of para-hydroxylation sites is 1. The fourth-order valence-corrected chi connectivity index (χ4v) is 3.56. The highest BCUT2D eigenvalue weighted by molar-refractivity contribution is 6.00. The summed E-state index contributed by atoms with van der Waals surface area (Å²) in [6, 6.07) is 7.28. The maximum absolute atomic E-state index is 12.8. The predicted octanol–water partition coefficient (Wildman–Crippen LogP) is 2.16. The van der Waals surface area contributed by atoms with Crippen LogP contribution in [0.1, 0.15) is 40.5 Å². The summed E-state index contributed by atoms with van der Waals surface area (Å²) < 4.78 is 6.16. The van der Waals surface area contributed by atoms with Gasteiger partial charge < -0.3 is 15.0 Å². The first kappa shape index (κ1) is 16.5. The molecular weight excluding hydrogens is 332 g/mol. The van der Waals surface area contributed by atoms with Crippen LogP contribution in [0.5, 0.6) is 5.75 Å². The van der Waals surface area contributed by atoms with Crippen LogP contribution in [0.3, 0.4) is 0 Å². The molecule has 1 fully saturated rings. The highest BCUT2D eigenvalue weighted by Crippen LogP contribution is 2.38. The molecule has 1 aromatic carbocycles. The Morgan fingerprint density at radius 3 is 2.85 bits per heavy atom. The number of benzene rings is 1. The molecule has 0 radical (unpaired) electrons. The van der Waals surface area contributed by atoms with Crippen LogP contribution in [-0.2, 0) is 0 Å². The SMILES string of the molecule is CCNc1ncc(C(=O)N2CC[C@@]3(CC(=O)c4ccccc4O3)C2)cn1. The third-order valence-electron chi connectivity index (χ3n) is 4.83. The van der Waals surface area contributed by atoms with Gasteiger partial charge in [0.2, 0.25) is 5.95 Å². The molecule has 134 valence electrons. The number of aromatic nitrogens is 2. The Hall–Kier alpha value is -2.96. The number of anilines is 1. The molecule has 26 heavy (non-hydrogen) atoms. The van der Waals surface area contributed by atoms with Gasteiger partial charge in [-0.25, -0.2) is 9.97 Å². The largest absolute Gasteiger partial charge is 0.484 e. The molecule has 1 amide bonds. The Labute approximate surface area is 151 Å². The van der Waals surface area contributed by atoms with Gasteiger partial charge in [-0.05, 0) is 19.1 Å². The molecule has 0 bridgehead atoms. The molecule has 2 aromatic rings. The lowest BCUT2D eigenvalue weighted by molar-refractivity contribution is 0.0428. The zero-order valence-electron chi connectivity index (χ0n) is 14.6. The maximum Gasteiger partial charge on any atom is 0.257 e. The van der Waals surface area contributed by atoms with Crippen molar-refractivity contribution in [1.82, 2.24) is 14.9 Å². The Bertz CT molecular complexity index is 852. The highest BCUT2D eigenvalue weighted by atomic mass is 16.5. The molecule has 1 atom stereocenters. The first-order valence-electron chi connectivity index (χ1n) is 8.77. The van der Waals surface area contributed by atoms with E-state index in [-0.39, 0.29) is 11.7 Å². The summed E-state index contributed by atoms with van der Waals surface area (Å²) in [6.07, 6.45) is 3.99. The highest BCUT2D eigenvalue weighted by Gasteiger charge is 2.47. The summed E-state index contributed by atoms with van der Waals surface area (Å²) in [6.45, 7) is 3.61. The molecule has 1 spiro atoms. The number of likely N-dealkylation sites (tertiary alicyclic amines) is 1. The number of fused-ring (bicyclic) bond motifs is 1. The van der Waals surface area contributed by atoms with Gasteiger partial charge in [0.1, 0.15) is 11.4 Å². The summed E-state index contributed by atoms with van der Waals surface area (Å²) in [5.74, 6) is 1.04. The van der Waals surface area contributed by atoms with Gasteiger partial charge >= 0.3 is 0 Å². The van der Waals surface area contributed by atoms with E-state index < -0.39 is 5.60 Å². The van der Waals surface area contributed by atoms with Gasteiger partial charge in [0, 0.05) is 31.9 Å². The van der Waals surface area contributed by atoms with Crippen LogP contribution in [0.25, 0.3) is 0 Å². The van der Waals surface area contributed by atoms with Crippen LogP contribution in [0.15, 0.2) is 36.7 Å². The molecule has 1 saturated heterocycles. The fourth-order valence-electron chi connectivity index (χ4n) is 3.56.